The Kier molecular flexibility index (Phi) is 3.60. The number of aromatic nitrogens is 4. The molecular weight excluding hydrogens is 295 g/mol. The SMILES string of the molecule is CC(C)(C)c1nc(-c2cccnc2)c(-c2ccnc(F)c2)n1O. The Morgan fingerprint density at radius 3 is 2.52 bits per heavy atom. The van der Waals surface area contributed by atoms with Gasteiger partial charge in [0, 0.05) is 41.2 Å². The molecule has 0 aliphatic rings. The lowest BCUT2D eigenvalue weighted by Gasteiger charge is -2.16. The van der Waals surface area contributed by atoms with Crippen LogP contribution in [0.2, 0.25) is 0 Å². The van der Waals surface area contributed by atoms with Gasteiger partial charge < -0.3 is 5.21 Å². The zero-order chi connectivity index (χ0) is 16.6. The van der Waals surface area contributed by atoms with Gasteiger partial charge in [-0.3, -0.25) is 4.98 Å². The van der Waals surface area contributed by atoms with Gasteiger partial charge in [-0.05, 0) is 18.2 Å². The molecular formula is C17H17FN4O. The standard InChI is InChI=1S/C17H17FN4O/c1-17(2,3)16-21-14(12-5-4-7-19-10-12)15(22(16)23)11-6-8-20-13(18)9-11/h4-10,23H,1-3H3. The first-order valence-corrected chi connectivity index (χ1v) is 7.22. The molecule has 0 bridgehead atoms. The molecule has 23 heavy (non-hydrogen) atoms. The molecule has 118 valence electrons. The van der Waals surface area contributed by atoms with Crippen LogP contribution in [0.15, 0.2) is 42.9 Å². The molecule has 0 spiro atoms. The minimum absolute atomic E-state index is 0.379. The van der Waals surface area contributed by atoms with E-state index in [9.17, 15) is 9.60 Å². The fraction of sp³-hybridized carbons (Fsp3) is 0.235. The molecule has 0 amide bonds. The minimum Gasteiger partial charge on any atom is -0.427 e. The molecule has 0 saturated carbocycles. The minimum atomic E-state index is -0.613. The summed E-state index contributed by atoms with van der Waals surface area (Å²) < 4.78 is 14.5. The Labute approximate surface area is 133 Å². The summed E-state index contributed by atoms with van der Waals surface area (Å²) in [5.74, 6) is -0.123. The van der Waals surface area contributed by atoms with E-state index in [0.717, 1.165) is 10.3 Å². The number of nitrogens with zero attached hydrogens (tertiary/aromatic N) is 4. The summed E-state index contributed by atoms with van der Waals surface area (Å²) in [6.07, 6.45) is 4.69. The monoisotopic (exact) mass is 312 g/mol. The number of halogens is 1. The van der Waals surface area contributed by atoms with Crippen LogP contribution in [-0.2, 0) is 5.41 Å². The van der Waals surface area contributed by atoms with Gasteiger partial charge >= 0.3 is 0 Å². The van der Waals surface area contributed by atoms with Crippen LogP contribution in [0.25, 0.3) is 22.5 Å². The van der Waals surface area contributed by atoms with Crippen molar-refractivity contribution in [3.05, 3.63) is 54.6 Å². The second kappa shape index (κ2) is 5.46. The van der Waals surface area contributed by atoms with Crippen molar-refractivity contribution < 1.29 is 9.60 Å². The van der Waals surface area contributed by atoms with Crippen LogP contribution in [0.5, 0.6) is 0 Å². The zero-order valence-electron chi connectivity index (χ0n) is 13.2. The van der Waals surface area contributed by atoms with E-state index in [1.54, 1.807) is 24.5 Å². The third-order valence-corrected chi connectivity index (χ3v) is 3.46. The van der Waals surface area contributed by atoms with Crippen molar-refractivity contribution in [3.8, 4) is 22.5 Å². The van der Waals surface area contributed by atoms with E-state index in [1.807, 2.05) is 26.8 Å². The molecule has 0 aliphatic heterocycles. The maximum absolute atomic E-state index is 13.5. The Balaban J connectivity index is 2.30. The van der Waals surface area contributed by atoms with Crippen molar-refractivity contribution in [2.75, 3.05) is 0 Å². The molecule has 3 aromatic rings. The summed E-state index contributed by atoms with van der Waals surface area (Å²) >= 11 is 0. The van der Waals surface area contributed by atoms with Crippen molar-refractivity contribution in [3.63, 3.8) is 0 Å². The molecule has 3 aromatic heterocycles. The van der Waals surface area contributed by atoms with E-state index in [-0.39, 0.29) is 5.41 Å². The van der Waals surface area contributed by atoms with E-state index < -0.39 is 5.95 Å². The predicted octanol–water partition coefficient (Wildman–Crippen LogP) is 3.68. The van der Waals surface area contributed by atoms with E-state index in [2.05, 4.69) is 15.0 Å². The van der Waals surface area contributed by atoms with Gasteiger partial charge in [-0.1, -0.05) is 20.8 Å². The average molecular weight is 312 g/mol. The van der Waals surface area contributed by atoms with Gasteiger partial charge in [0.1, 0.15) is 11.4 Å². The Bertz CT molecular complexity index is 838. The Morgan fingerprint density at radius 2 is 1.91 bits per heavy atom. The Morgan fingerprint density at radius 1 is 1.13 bits per heavy atom. The van der Waals surface area contributed by atoms with Gasteiger partial charge in [0.2, 0.25) is 5.95 Å². The molecule has 0 aromatic carbocycles. The van der Waals surface area contributed by atoms with Crippen LogP contribution < -0.4 is 0 Å². The van der Waals surface area contributed by atoms with Crippen molar-refractivity contribution in [2.45, 2.75) is 26.2 Å². The normalized spacial score (nSPS) is 11.7. The summed E-state index contributed by atoms with van der Waals surface area (Å²) in [6.45, 7) is 5.85. The topological polar surface area (TPSA) is 63.8 Å². The quantitative estimate of drug-likeness (QED) is 0.579. The highest BCUT2D eigenvalue weighted by Gasteiger charge is 2.27. The molecule has 0 radical (unpaired) electrons. The number of hydrogen-bond acceptors (Lipinski definition) is 4. The lowest BCUT2D eigenvalue weighted by molar-refractivity contribution is 0.168. The molecule has 0 unspecified atom stereocenters. The summed E-state index contributed by atoms with van der Waals surface area (Å²) in [5.41, 5.74) is 1.84. The van der Waals surface area contributed by atoms with E-state index in [1.165, 1.54) is 12.3 Å². The molecule has 0 atom stereocenters. The maximum atomic E-state index is 13.5. The van der Waals surface area contributed by atoms with Gasteiger partial charge in [-0.15, -0.1) is 0 Å². The highest BCUT2D eigenvalue weighted by atomic mass is 19.1. The number of hydrogen-bond donors (Lipinski definition) is 1. The van der Waals surface area contributed by atoms with E-state index in [4.69, 9.17) is 0 Å². The fourth-order valence-corrected chi connectivity index (χ4v) is 2.41. The van der Waals surface area contributed by atoms with Crippen molar-refractivity contribution in [2.24, 2.45) is 0 Å². The predicted molar refractivity (Wildman–Crippen MR) is 84.5 cm³/mol. The summed E-state index contributed by atoms with van der Waals surface area (Å²) in [5, 5.41) is 10.6. The van der Waals surface area contributed by atoms with E-state index >= 15 is 0 Å². The van der Waals surface area contributed by atoms with Gasteiger partial charge in [0.05, 0.1) is 0 Å². The number of rotatable bonds is 2. The van der Waals surface area contributed by atoms with E-state index in [0.29, 0.717) is 22.8 Å². The first-order chi connectivity index (χ1) is 10.9. The first kappa shape index (κ1) is 15.1. The molecule has 6 heteroatoms. The maximum Gasteiger partial charge on any atom is 0.213 e. The molecule has 5 nitrogen and oxygen atoms in total. The second-order valence-electron chi connectivity index (χ2n) is 6.30. The van der Waals surface area contributed by atoms with Gasteiger partial charge in [-0.2, -0.15) is 9.12 Å². The summed E-state index contributed by atoms with van der Waals surface area (Å²) in [7, 11) is 0. The van der Waals surface area contributed by atoms with Crippen LogP contribution in [0.3, 0.4) is 0 Å². The Hall–Kier alpha value is -2.76. The van der Waals surface area contributed by atoms with Crippen LogP contribution >= 0.6 is 0 Å². The first-order valence-electron chi connectivity index (χ1n) is 7.22. The van der Waals surface area contributed by atoms with Crippen molar-refractivity contribution in [1.29, 1.82) is 0 Å². The molecule has 3 rings (SSSR count). The van der Waals surface area contributed by atoms with Crippen molar-refractivity contribution >= 4 is 0 Å². The van der Waals surface area contributed by atoms with Crippen molar-refractivity contribution in [1.82, 2.24) is 19.7 Å². The van der Waals surface area contributed by atoms with Gasteiger partial charge in [-0.25, -0.2) is 9.97 Å². The summed E-state index contributed by atoms with van der Waals surface area (Å²) in [6, 6.07) is 6.55. The van der Waals surface area contributed by atoms with Crippen LogP contribution in [0.1, 0.15) is 26.6 Å². The van der Waals surface area contributed by atoms with Crippen LogP contribution in [0, 0.1) is 5.95 Å². The largest absolute Gasteiger partial charge is 0.427 e. The van der Waals surface area contributed by atoms with Gasteiger partial charge in [0.25, 0.3) is 0 Å². The number of imidazole rings is 1. The highest BCUT2D eigenvalue weighted by molar-refractivity contribution is 5.78. The summed E-state index contributed by atoms with van der Waals surface area (Å²) in [4.78, 5) is 12.2. The number of pyridine rings is 2. The van der Waals surface area contributed by atoms with Crippen LogP contribution in [-0.4, -0.2) is 24.9 Å². The lowest BCUT2D eigenvalue weighted by Crippen LogP contribution is -2.18. The molecule has 0 aliphatic carbocycles. The smallest absolute Gasteiger partial charge is 0.213 e. The molecule has 0 fully saturated rings. The molecule has 3 heterocycles. The molecule has 0 saturated heterocycles. The zero-order valence-corrected chi connectivity index (χ0v) is 13.2. The second-order valence-corrected chi connectivity index (χ2v) is 6.30. The van der Waals surface area contributed by atoms with Crippen LogP contribution in [0.4, 0.5) is 4.39 Å². The van der Waals surface area contributed by atoms with Gasteiger partial charge in [0.15, 0.2) is 5.82 Å². The molecule has 1 N–H and O–H groups in total. The average Bonchev–Trinajstić information content (AvgIpc) is 2.86. The fourth-order valence-electron chi connectivity index (χ4n) is 2.41. The third-order valence-electron chi connectivity index (χ3n) is 3.46. The lowest BCUT2D eigenvalue weighted by atomic mass is 9.96. The third kappa shape index (κ3) is 2.79. The highest BCUT2D eigenvalue weighted by Crippen LogP contribution is 2.35.